The van der Waals surface area contributed by atoms with E-state index in [1.807, 2.05) is 24.3 Å². The molecule has 0 unspecified atom stereocenters. The molecule has 2 aromatic rings. The highest BCUT2D eigenvalue weighted by molar-refractivity contribution is 5.93. The maximum atomic E-state index is 6.02. The van der Waals surface area contributed by atoms with E-state index in [9.17, 15) is 0 Å². The van der Waals surface area contributed by atoms with Gasteiger partial charge in [0.05, 0.1) is 11.2 Å². The third kappa shape index (κ3) is 2.33. The van der Waals surface area contributed by atoms with E-state index < -0.39 is 0 Å². The molecule has 3 heteroatoms. The number of ether oxygens (including phenoxy) is 1. The number of fused-ring (bicyclic) bond motifs is 1. The number of hydrogen-bond donors (Lipinski definition) is 1. The Kier molecular flexibility index (Phi) is 2.92. The predicted molar refractivity (Wildman–Crippen MR) is 71.2 cm³/mol. The monoisotopic (exact) mass is 230 g/mol. The summed E-state index contributed by atoms with van der Waals surface area (Å²) in [4.78, 5) is 4.29. The van der Waals surface area contributed by atoms with Crippen LogP contribution in [-0.4, -0.2) is 10.6 Å². The molecule has 0 spiro atoms. The standard InChI is InChI=1S/C14H18N2O/c1-4-14(2,3)17-12-8-7-11(15)13-10(12)6-5-9-16-13/h5-9H,4,15H2,1-3H3. The first kappa shape index (κ1) is 11.7. The Labute approximate surface area is 102 Å². The quantitative estimate of drug-likeness (QED) is 0.822. The van der Waals surface area contributed by atoms with Crippen LogP contribution in [0, 0.1) is 0 Å². The Bertz CT molecular complexity index is 535. The number of nitrogens with zero attached hydrogens (tertiary/aromatic N) is 1. The molecule has 0 aliphatic carbocycles. The fourth-order valence-corrected chi connectivity index (χ4v) is 1.63. The van der Waals surface area contributed by atoms with Gasteiger partial charge < -0.3 is 10.5 Å². The Morgan fingerprint density at radius 1 is 1.29 bits per heavy atom. The predicted octanol–water partition coefficient (Wildman–Crippen LogP) is 3.38. The van der Waals surface area contributed by atoms with E-state index in [0.717, 1.165) is 23.1 Å². The Hall–Kier alpha value is -1.77. The first-order valence-corrected chi connectivity index (χ1v) is 5.86. The van der Waals surface area contributed by atoms with Crippen molar-refractivity contribution in [3.63, 3.8) is 0 Å². The van der Waals surface area contributed by atoms with E-state index in [-0.39, 0.29) is 5.60 Å². The van der Waals surface area contributed by atoms with Crippen LogP contribution in [0.2, 0.25) is 0 Å². The van der Waals surface area contributed by atoms with Crippen LogP contribution in [0.3, 0.4) is 0 Å². The normalized spacial score (nSPS) is 11.7. The first-order chi connectivity index (χ1) is 8.03. The lowest BCUT2D eigenvalue weighted by molar-refractivity contribution is 0.107. The molecule has 0 saturated carbocycles. The molecule has 0 bridgehead atoms. The maximum absolute atomic E-state index is 6.02. The minimum Gasteiger partial charge on any atom is -0.487 e. The van der Waals surface area contributed by atoms with Crippen molar-refractivity contribution in [3.8, 4) is 5.75 Å². The van der Waals surface area contributed by atoms with E-state index in [1.165, 1.54) is 0 Å². The average Bonchev–Trinajstić information content (AvgIpc) is 2.33. The smallest absolute Gasteiger partial charge is 0.129 e. The van der Waals surface area contributed by atoms with Crippen LogP contribution >= 0.6 is 0 Å². The lowest BCUT2D eigenvalue weighted by atomic mass is 10.1. The summed E-state index contributed by atoms with van der Waals surface area (Å²) in [7, 11) is 0. The van der Waals surface area contributed by atoms with Crippen molar-refractivity contribution < 1.29 is 4.74 Å². The van der Waals surface area contributed by atoms with Crippen molar-refractivity contribution in [2.75, 3.05) is 5.73 Å². The van der Waals surface area contributed by atoms with Gasteiger partial charge in [-0.15, -0.1) is 0 Å². The SMILES string of the molecule is CCC(C)(C)Oc1ccc(N)c2ncccc12. The fourth-order valence-electron chi connectivity index (χ4n) is 1.63. The molecule has 0 aliphatic rings. The van der Waals surface area contributed by atoms with Gasteiger partial charge >= 0.3 is 0 Å². The van der Waals surface area contributed by atoms with Crippen LogP contribution in [0.5, 0.6) is 5.75 Å². The molecule has 1 aromatic carbocycles. The second-order valence-corrected chi connectivity index (χ2v) is 4.77. The van der Waals surface area contributed by atoms with Crippen LogP contribution in [0.15, 0.2) is 30.5 Å². The van der Waals surface area contributed by atoms with Gasteiger partial charge in [-0.25, -0.2) is 0 Å². The van der Waals surface area contributed by atoms with E-state index in [1.54, 1.807) is 6.20 Å². The van der Waals surface area contributed by atoms with Crippen molar-refractivity contribution in [2.24, 2.45) is 0 Å². The van der Waals surface area contributed by atoms with Crippen molar-refractivity contribution in [1.29, 1.82) is 0 Å². The zero-order valence-corrected chi connectivity index (χ0v) is 10.5. The summed E-state index contributed by atoms with van der Waals surface area (Å²) < 4.78 is 6.02. The highest BCUT2D eigenvalue weighted by Gasteiger charge is 2.18. The molecule has 2 rings (SSSR count). The van der Waals surface area contributed by atoms with Gasteiger partial charge in [0.25, 0.3) is 0 Å². The minimum absolute atomic E-state index is 0.182. The number of aromatic nitrogens is 1. The Balaban J connectivity index is 2.52. The zero-order chi connectivity index (χ0) is 12.5. The van der Waals surface area contributed by atoms with Gasteiger partial charge in [0.15, 0.2) is 0 Å². The Morgan fingerprint density at radius 2 is 2.06 bits per heavy atom. The molecular weight excluding hydrogens is 212 g/mol. The molecule has 0 aliphatic heterocycles. The summed E-state index contributed by atoms with van der Waals surface area (Å²) in [5.74, 6) is 0.842. The van der Waals surface area contributed by atoms with Crippen LogP contribution in [0.25, 0.3) is 10.9 Å². The van der Waals surface area contributed by atoms with E-state index in [0.29, 0.717) is 5.69 Å². The molecule has 2 N–H and O–H groups in total. The lowest BCUT2D eigenvalue weighted by Gasteiger charge is -2.25. The summed E-state index contributed by atoms with van der Waals surface area (Å²) in [5.41, 5.74) is 7.21. The van der Waals surface area contributed by atoms with Crippen LogP contribution < -0.4 is 10.5 Å². The number of nitrogen functional groups attached to an aromatic ring is 1. The third-order valence-corrected chi connectivity index (χ3v) is 3.00. The van der Waals surface area contributed by atoms with Gasteiger partial charge in [-0.2, -0.15) is 0 Å². The fraction of sp³-hybridized carbons (Fsp3) is 0.357. The van der Waals surface area contributed by atoms with E-state index in [2.05, 4.69) is 25.8 Å². The molecular formula is C14H18N2O. The number of nitrogens with two attached hydrogens (primary N) is 1. The zero-order valence-electron chi connectivity index (χ0n) is 10.5. The summed E-state index contributed by atoms with van der Waals surface area (Å²) >= 11 is 0. The number of hydrogen-bond acceptors (Lipinski definition) is 3. The highest BCUT2D eigenvalue weighted by atomic mass is 16.5. The number of benzene rings is 1. The van der Waals surface area contributed by atoms with Gasteiger partial charge in [0.2, 0.25) is 0 Å². The van der Waals surface area contributed by atoms with Gasteiger partial charge in [0, 0.05) is 11.6 Å². The lowest BCUT2D eigenvalue weighted by Crippen LogP contribution is -2.26. The van der Waals surface area contributed by atoms with E-state index >= 15 is 0 Å². The molecule has 0 amide bonds. The summed E-state index contributed by atoms with van der Waals surface area (Å²) in [6.45, 7) is 6.26. The summed E-state index contributed by atoms with van der Waals surface area (Å²) in [5, 5.41) is 0.967. The molecule has 1 heterocycles. The van der Waals surface area contributed by atoms with Crippen molar-refractivity contribution >= 4 is 16.6 Å². The third-order valence-electron chi connectivity index (χ3n) is 3.00. The second kappa shape index (κ2) is 4.24. The highest BCUT2D eigenvalue weighted by Crippen LogP contribution is 2.31. The average molecular weight is 230 g/mol. The van der Waals surface area contributed by atoms with Crippen molar-refractivity contribution in [3.05, 3.63) is 30.5 Å². The molecule has 0 saturated heterocycles. The van der Waals surface area contributed by atoms with Crippen LogP contribution in [0.1, 0.15) is 27.2 Å². The maximum Gasteiger partial charge on any atom is 0.129 e. The van der Waals surface area contributed by atoms with Gasteiger partial charge in [-0.1, -0.05) is 6.92 Å². The number of pyridine rings is 1. The molecule has 0 radical (unpaired) electrons. The molecule has 3 nitrogen and oxygen atoms in total. The Morgan fingerprint density at radius 3 is 2.76 bits per heavy atom. The molecule has 0 atom stereocenters. The van der Waals surface area contributed by atoms with Gasteiger partial charge in [-0.05, 0) is 44.5 Å². The second-order valence-electron chi connectivity index (χ2n) is 4.77. The van der Waals surface area contributed by atoms with Crippen molar-refractivity contribution in [2.45, 2.75) is 32.8 Å². The number of rotatable bonds is 3. The van der Waals surface area contributed by atoms with E-state index in [4.69, 9.17) is 10.5 Å². The van der Waals surface area contributed by atoms with Gasteiger partial charge in [0.1, 0.15) is 11.4 Å². The molecule has 90 valence electrons. The molecule has 17 heavy (non-hydrogen) atoms. The topological polar surface area (TPSA) is 48.1 Å². The molecule has 0 fully saturated rings. The van der Waals surface area contributed by atoms with Crippen molar-refractivity contribution in [1.82, 2.24) is 4.98 Å². The first-order valence-electron chi connectivity index (χ1n) is 5.86. The number of anilines is 1. The van der Waals surface area contributed by atoms with Crippen LogP contribution in [-0.2, 0) is 0 Å². The largest absolute Gasteiger partial charge is 0.487 e. The summed E-state index contributed by atoms with van der Waals surface area (Å²) in [6.07, 6.45) is 2.69. The summed E-state index contributed by atoms with van der Waals surface area (Å²) in [6, 6.07) is 7.64. The van der Waals surface area contributed by atoms with Gasteiger partial charge in [-0.3, -0.25) is 4.98 Å². The van der Waals surface area contributed by atoms with Crippen LogP contribution in [0.4, 0.5) is 5.69 Å². The molecule has 1 aromatic heterocycles. The minimum atomic E-state index is -0.182.